The highest BCUT2D eigenvalue weighted by Gasteiger charge is 2.07. The number of halogens is 1. The van der Waals surface area contributed by atoms with Crippen molar-refractivity contribution in [3.05, 3.63) is 53.3 Å². The van der Waals surface area contributed by atoms with E-state index in [1.165, 1.54) is 10.8 Å². The number of hydrogen-bond acceptors (Lipinski definition) is 2. The lowest BCUT2D eigenvalue weighted by Gasteiger charge is -2.12. The predicted octanol–water partition coefficient (Wildman–Crippen LogP) is 4.95. The van der Waals surface area contributed by atoms with E-state index in [9.17, 15) is 0 Å². The van der Waals surface area contributed by atoms with Crippen LogP contribution in [0.2, 0.25) is 0 Å². The molecule has 0 atom stereocenters. The quantitative estimate of drug-likeness (QED) is 0.733. The van der Waals surface area contributed by atoms with Crippen LogP contribution >= 0.6 is 15.9 Å². The molecule has 0 aliphatic rings. The summed E-state index contributed by atoms with van der Waals surface area (Å²) in [7, 11) is 0. The van der Waals surface area contributed by atoms with Crippen molar-refractivity contribution in [2.45, 2.75) is 19.9 Å². The Morgan fingerprint density at radius 1 is 1.15 bits per heavy atom. The van der Waals surface area contributed by atoms with Crippen LogP contribution in [0.25, 0.3) is 10.8 Å². The van der Waals surface area contributed by atoms with E-state index in [-0.39, 0.29) is 0 Å². The number of aryl methyl sites for hydroxylation is 1. The third-order valence-electron chi connectivity index (χ3n) is 3.30. The number of nitrogens with zero attached hydrogens (tertiary/aromatic N) is 2. The second-order valence-corrected chi connectivity index (χ2v) is 5.56. The Morgan fingerprint density at radius 2 is 1.95 bits per heavy atom. The molecule has 3 rings (SSSR count). The summed E-state index contributed by atoms with van der Waals surface area (Å²) >= 11 is 3.60. The van der Waals surface area contributed by atoms with Crippen molar-refractivity contribution >= 4 is 38.3 Å². The van der Waals surface area contributed by atoms with Crippen molar-refractivity contribution in [1.29, 1.82) is 0 Å². The first-order valence-corrected chi connectivity index (χ1v) is 7.54. The van der Waals surface area contributed by atoms with Gasteiger partial charge in [0, 0.05) is 34.5 Å². The second kappa shape index (κ2) is 5.67. The first kappa shape index (κ1) is 13.2. The topological polar surface area (TPSA) is 29.9 Å². The third kappa shape index (κ3) is 2.43. The Morgan fingerprint density at radius 3 is 2.75 bits per heavy atom. The van der Waals surface area contributed by atoms with Gasteiger partial charge in [-0.15, -0.1) is 0 Å². The maximum atomic E-state index is 4.40. The Labute approximate surface area is 126 Å². The van der Waals surface area contributed by atoms with E-state index in [4.69, 9.17) is 0 Å². The molecule has 0 spiro atoms. The molecule has 3 nitrogen and oxygen atoms in total. The fourth-order valence-corrected chi connectivity index (χ4v) is 2.82. The Balaban J connectivity index is 2.03. The van der Waals surface area contributed by atoms with Gasteiger partial charge in [-0.05, 0) is 23.9 Å². The molecule has 102 valence electrons. The van der Waals surface area contributed by atoms with E-state index in [0.29, 0.717) is 0 Å². The van der Waals surface area contributed by atoms with Gasteiger partial charge in [-0.3, -0.25) is 0 Å². The van der Waals surface area contributed by atoms with Gasteiger partial charge >= 0.3 is 0 Å². The van der Waals surface area contributed by atoms with Gasteiger partial charge in [0.25, 0.3) is 0 Å². The Kier molecular flexibility index (Phi) is 3.74. The van der Waals surface area contributed by atoms with Crippen LogP contribution in [0.4, 0.5) is 11.6 Å². The molecule has 0 saturated heterocycles. The maximum absolute atomic E-state index is 4.40. The summed E-state index contributed by atoms with van der Waals surface area (Å²) in [5, 5.41) is 5.83. The summed E-state index contributed by atoms with van der Waals surface area (Å²) in [5.41, 5.74) is 1.08. The van der Waals surface area contributed by atoms with Gasteiger partial charge in [0.05, 0.1) is 0 Å². The summed E-state index contributed by atoms with van der Waals surface area (Å²) in [6, 6.07) is 12.5. The summed E-state index contributed by atoms with van der Waals surface area (Å²) in [4.78, 5) is 4.40. The van der Waals surface area contributed by atoms with Gasteiger partial charge in [-0.1, -0.05) is 47.1 Å². The molecular weight excluding hydrogens is 314 g/mol. The highest BCUT2D eigenvalue weighted by atomic mass is 79.9. The molecular formula is C16H16BrN3. The lowest BCUT2D eigenvalue weighted by atomic mass is 10.1. The minimum Gasteiger partial charge on any atom is -0.325 e. The van der Waals surface area contributed by atoms with E-state index in [2.05, 4.69) is 74.1 Å². The van der Waals surface area contributed by atoms with E-state index >= 15 is 0 Å². The van der Waals surface area contributed by atoms with E-state index in [0.717, 1.165) is 29.1 Å². The van der Waals surface area contributed by atoms with Gasteiger partial charge in [-0.25, -0.2) is 4.98 Å². The normalized spacial score (nSPS) is 10.9. The van der Waals surface area contributed by atoms with E-state index in [1.807, 2.05) is 12.4 Å². The fraction of sp³-hybridized carbons (Fsp3) is 0.188. The van der Waals surface area contributed by atoms with Crippen molar-refractivity contribution in [1.82, 2.24) is 9.55 Å². The summed E-state index contributed by atoms with van der Waals surface area (Å²) in [6.45, 7) is 3.13. The van der Waals surface area contributed by atoms with Crippen LogP contribution < -0.4 is 5.32 Å². The molecule has 20 heavy (non-hydrogen) atoms. The molecule has 0 unspecified atom stereocenters. The van der Waals surface area contributed by atoms with Crippen molar-refractivity contribution in [2.75, 3.05) is 5.32 Å². The molecule has 0 fully saturated rings. The van der Waals surface area contributed by atoms with Crippen LogP contribution in [0, 0.1) is 0 Å². The van der Waals surface area contributed by atoms with Gasteiger partial charge in [0.15, 0.2) is 0 Å². The minimum absolute atomic E-state index is 0.888. The lowest BCUT2D eigenvalue weighted by molar-refractivity contribution is 0.686. The fourth-order valence-electron chi connectivity index (χ4n) is 2.35. The molecule has 0 saturated carbocycles. The second-order valence-electron chi connectivity index (χ2n) is 4.71. The van der Waals surface area contributed by atoms with Crippen LogP contribution in [0.3, 0.4) is 0 Å². The summed E-state index contributed by atoms with van der Waals surface area (Å²) in [6.07, 6.45) is 4.93. The number of aromatic nitrogens is 2. The molecule has 0 radical (unpaired) electrons. The van der Waals surface area contributed by atoms with Crippen LogP contribution in [0.5, 0.6) is 0 Å². The van der Waals surface area contributed by atoms with Crippen molar-refractivity contribution in [3.8, 4) is 0 Å². The van der Waals surface area contributed by atoms with Crippen molar-refractivity contribution < 1.29 is 0 Å². The van der Waals surface area contributed by atoms with Crippen LogP contribution in [-0.2, 0) is 6.54 Å². The Bertz CT molecular complexity index is 733. The predicted molar refractivity (Wildman–Crippen MR) is 87.4 cm³/mol. The molecule has 0 aliphatic carbocycles. The standard InChI is InChI=1S/C16H16BrN3/c1-2-10-20-11-9-18-16(20)19-15-8-7-14(17)12-5-3-4-6-13(12)15/h3-9,11H,2,10H2,1H3,(H,18,19). The zero-order chi connectivity index (χ0) is 13.9. The molecule has 1 N–H and O–H groups in total. The largest absolute Gasteiger partial charge is 0.325 e. The minimum atomic E-state index is 0.888. The van der Waals surface area contributed by atoms with E-state index in [1.54, 1.807) is 0 Å². The molecule has 1 aromatic heterocycles. The smallest absolute Gasteiger partial charge is 0.207 e. The van der Waals surface area contributed by atoms with E-state index < -0.39 is 0 Å². The maximum Gasteiger partial charge on any atom is 0.207 e. The van der Waals surface area contributed by atoms with Gasteiger partial charge in [-0.2, -0.15) is 0 Å². The zero-order valence-electron chi connectivity index (χ0n) is 11.3. The molecule has 3 aromatic rings. The number of nitrogens with one attached hydrogen (secondary N) is 1. The number of fused-ring (bicyclic) bond motifs is 1. The first-order chi connectivity index (χ1) is 9.79. The molecule has 4 heteroatoms. The number of anilines is 2. The number of rotatable bonds is 4. The molecule has 0 bridgehead atoms. The highest BCUT2D eigenvalue weighted by Crippen LogP contribution is 2.31. The van der Waals surface area contributed by atoms with Crippen molar-refractivity contribution in [3.63, 3.8) is 0 Å². The zero-order valence-corrected chi connectivity index (χ0v) is 12.9. The monoisotopic (exact) mass is 329 g/mol. The van der Waals surface area contributed by atoms with Crippen molar-refractivity contribution in [2.24, 2.45) is 0 Å². The summed E-state index contributed by atoms with van der Waals surface area (Å²) < 4.78 is 3.24. The number of imidazole rings is 1. The van der Waals surface area contributed by atoms with Crippen LogP contribution in [0.1, 0.15) is 13.3 Å². The average Bonchev–Trinajstić information content (AvgIpc) is 2.90. The third-order valence-corrected chi connectivity index (χ3v) is 3.99. The number of benzene rings is 2. The molecule has 1 heterocycles. The average molecular weight is 330 g/mol. The SMILES string of the molecule is CCCn1ccnc1Nc1ccc(Br)c2ccccc12. The lowest BCUT2D eigenvalue weighted by Crippen LogP contribution is -2.03. The van der Waals surface area contributed by atoms with Gasteiger partial charge < -0.3 is 9.88 Å². The molecule has 2 aromatic carbocycles. The highest BCUT2D eigenvalue weighted by molar-refractivity contribution is 9.10. The number of hydrogen-bond donors (Lipinski definition) is 1. The van der Waals surface area contributed by atoms with Crippen LogP contribution in [0.15, 0.2) is 53.3 Å². The Hall–Kier alpha value is -1.81. The van der Waals surface area contributed by atoms with Gasteiger partial charge in [0.1, 0.15) is 0 Å². The van der Waals surface area contributed by atoms with Crippen LogP contribution in [-0.4, -0.2) is 9.55 Å². The molecule has 0 aliphatic heterocycles. The molecule has 0 amide bonds. The van der Waals surface area contributed by atoms with Gasteiger partial charge in [0.2, 0.25) is 5.95 Å². The summed E-state index contributed by atoms with van der Waals surface area (Å²) in [5.74, 6) is 0.888. The first-order valence-electron chi connectivity index (χ1n) is 6.75.